The topological polar surface area (TPSA) is 26.3 Å². The van der Waals surface area contributed by atoms with E-state index >= 15 is 0 Å². The van der Waals surface area contributed by atoms with Crippen LogP contribution in [0.2, 0.25) is 0 Å². The third kappa shape index (κ3) is 4.87. The fourth-order valence-electron chi connectivity index (χ4n) is 3.50. The number of aryl methyl sites for hydroxylation is 1. The number of rotatable bonds is 6. The quantitative estimate of drug-likeness (QED) is 0.698. The van der Waals surface area contributed by atoms with Crippen molar-refractivity contribution < 1.29 is 9.53 Å². The predicted molar refractivity (Wildman–Crippen MR) is 86.4 cm³/mol. The van der Waals surface area contributed by atoms with Crippen LogP contribution in [0.15, 0.2) is 24.3 Å². The van der Waals surface area contributed by atoms with Crippen LogP contribution in [-0.4, -0.2) is 13.1 Å². The van der Waals surface area contributed by atoms with Crippen LogP contribution in [0.4, 0.5) is 0 Å². The Morgan fingerprint density at radius 3 is 2.38 bits per heavy atom. The molecule has 0 unspecified atom stereocenters. The average molecular weight is 288 g/mol. The lowest BCUT2D eigenvalue weighted by atomic mass is 9.77. The molecule has 0 saturated heterocycles. The molecule has 0 bridgehead atoms. The molecule has 2 nitrogen and oxygen atoms in total. The van der Waals surface area contributed by atoms with Gasteiger partial charge in [-0.05, 0) is 55.1 Å². The van der Waals surface area contributed by atoms with E-state index in [0.29, 0.717) is 6.42 Å². The Bertz CT molecular complexity index is 427. The second kappa shape index (κ2) is 8.21. The first-order chi connectivity index (χ1) is 10.2. The van der Waals surface area contributed by atoms with Crippen LogP contribution in [0.3, 0.4) is 0 Å². The minimum Gasteiger partial charge on any atom is -0.469 e. The minimum atomic E-state index is -0.131. The van der Waals surface area contributed by atoms with E-state index in [9.17, 15) is 4.79 Å². The van der Waals surface area contributed by atoms with Crippen LogP contribution in [-0.2, 0) is 16.0 Å². The molecule has 1 aliphatic rings. The van der Waals surface area contributed by atoms with Gasteiger partial charge in [-0.25, -0.2) is 0 Å². The van der Waals surface area contributed by atoms with Gasteiger partial charge in [0.1, 0.15) is 0 Å². The molecule has 1 aromatic carbocycles. The van der Waals surface area contributed by atoms with E-state index in [-0.39, 0.29) is 5.97 Å². The zero-order valence-corrected chi connectivity index (χ0v) is 13.4. The van der Waals surface area contributed by atoms with Gasteiger partial charge >= 0.3 is 5.97 Å². The second-order valence-corrected chi connectivity index (χ2v) is 6.32. The zero-order chi connectivity index (χ0) is 15.1. The molecule has 0 atom stereocenters. The summed E-state index contributed by atoms with van der Waals surface area (Å²) in [7, 11) is 1.44. The molecule has 1 aliphatic carbocycles. The molecule has 2 rings (SSSR count). The summed E-state index contributed by atoms with van der Waals surface area (Å²) < 4.78 is 4.68. The van der Waals surface area contributed by atoms with E-state index in [1.165, 1.54) is 56.8 Å². The molecule has 0 amide bonds. The Morgan fingerprint density at radius 1 is 1.14 bits per heavy atom. The van der Waals surface area contributed by atoms with Gasteiger partial charge in [-0.3, -0.25) is 4.79 Å². The molecule has 0 heterocycles. The molecule has 0 spiro atoms. The maximum Gasteiger partial charge on any atom is 0.305 e. The van der Waals surface area contributed by atoms with Crippen molar-refractivity contribution in [2.45, 2.75) is 64.2 Å². The van der Waals surface area contributed by atoms with Crippen LogP contribution in [0.25, 0.3) is 0 Å². The molecular formula is C19H28O2. The van der Waals surface area contributed by atoms with Gasteiger partial charge in [0.25, 0.3) is 0 Å². The van der Waals surface area contributed by atoms with E-state index in [0.717, 1.165) is 18.3 Å². The average Bonchev–Trinajstić information content (AvgIpc) is 2.54. The van der Waals surface area contributed by atoms with Gasteiger partial charge in [-0.15, -0.1) is 0 Å². The second-order valence-electron chi connectivity index (χ2n) is 6.32. The molecule has 1 saturated carbocycles. The minimum absolute atomic E-state index is 0.131. The van der Waals surface area contributed by atoms with Crippen LogP contribution in [0, 0.1) is 5.92 Å². The lowest BCUT2D eigenvalue weighted by Crippen LogP contribution is -2.13. The van der Waals surface area contributed by atoms with Gasteiger partial charge in [0.05, 0.1) is 7.11 Å². The number of esters is 1. The predicted octanol–water partition coefficient (Wildman–Crippen LogP) is 4.87. The van der Waals surface area contributed by atoms with Gasteiger partial charge in [0.2, 0.25) is 0 Å². The SMILES string of the molecule is CCCC1CCC(c2ccc(CCC(=O)OC)cc2)CC1. The van der Waals surface area contributed by atoms with E-state index in [4.69, 9.17) is 0 Å². The van der Waals surface area contributed by atoms with E-state index in [1.54, 1.807) is 0 Å². The molecule has 0 radical (unpaired) electrons. The summed E-state index contributed by atoms with van der Waals surface area (Å²) in [6, 6.07) is 8.88. The van der Waals surface area contributed by atoms with Gasteiger partial charge in [-0.2, -0.15) is 0 Å². The standard InChI is InChI=1S/C19H28O2/c1-3-4-15-5-10-17(11-6-15)18-12-7-16(8-13-18)9-14-19(20)21-2/h7-8,12-13,15,17H,3-6,9-11,14H2,1-2H3. The van der Waals surface area contributed by atoms with Gasteiger partial charge in [0.15, 0.2) is 0 Å². The number of benzene rings is 1. The molecular weight excluding hydrogens is 260 g/mol. The highest BCUT2D eigenvalue weighted by Gasteiger charge is 2.21. The van der Waals surface area contributed by atoms with Crippen molar-refractivity contribution in [1.82, 2.24) is 0 Å². The first-order valence-electron chi connectivity index (χ1n) is 8.38. The number of hydrogen-bond acceptors (Lipinski definition) is 2. The molecule has 116 valence electrons. The summed E-state index contributed by atoms with van der Waals surface area (Å²) in [6.07, 6.45) is 9.43. The summed E-state index contributed by atoms with van der Waals surface area (Å²) in [6.45, 7) is 2.29. The zero-order valence-electron chi connectivity index (χ0n) is 13.4. The lowest BCUT2D eigenvalue weighted by Gasteiger charge is -2.28. The summed E-state index contributed by atoms with van der Waals surface area (Å²) in [5, 5.41) is 0. The Morgan fingerprint density at radius 2 is 1.81 bits per heavy atom. The van der Waals surface area contributed by atoms with Crippen LogP contribution in [0.1, 0.15) is 68.9 Å². The number of methoxy groups -OCH3 is 1. The molecule has 0 aromatic heterocycles. The van der Waals surface area contributed by atoms with Gasteiger partial charge in [0, 0.05) is 6.42 Å². The molecule has 1 fully saturated rings. The Kier molecular flexibility index (Phi) is 6.28. The van der Waals surface area contributed by atoms with Crippen molar-refractivity contribution in [3.63, 3.8) is 0 Å². The fourth-order valence-corrected chi connectivity index (χ4v) is 3.50. The molecule has 21 heavy (non-hydrogen) atoms. The Hall–Kier alpha value is -1.31. The van der Waals surface area contributed by atoms with E-state index in [2.05, 4.69) is 35.9 Å². The Labute approximate surface area is 128 Å². The maximum absolute atomic E-state index is 11.2. The normalized spacial score (nSPS) is 22.0. The van der Waals surface area contributed by atoms with Crippen molar-refractivity contribution in [2.24, 2.45) is 5.92 Å². The number of hydrogen-bond donors (Lipinski definition) is 0. The summed E-state index contributed by atoms with van der Waals surface area (Å²) >= 11 is 0. The number of carbonyl (C=O) groups is 1. The molecule has 0 N–H and O–H groups in total. The van der Waals surface area contributed by atoms with Crippen LogP contribution >= 0.6 is 0 Å². The maximum atomic E-state index is 11.2. The van der Waals surface area contributed by atoms with E-state index in [1.807, 2.05) is 0 Å². The van der Waals surface area contributed by atoms with Crippen molar-refractivity contribution in [3.8, 4) is 0 Å². The monoisotopic (exact) mass is 288 g/mol. The first-order valence-corrected chi connectivity index (χ1v) is 8.38. The smallest absolute Gasteiger partial charge is 0.305 e. The molecule has 1 aromatic rings. The number of ether oxygens (including phenoxy) is 1. The van der Waals surface area contributed by atoms with Crippen molar-refractivity contribution in [3.05, 3.63) is 35.4 Å². The number of carbonyl (C=O) groups excluding carboxylic acids is 1. The third-order valence-corrected chi connectivity index (χ3v) is 4.84. The third-order valence-electron chi connectivity index (χ3n) is 4.84. The summed E-state index contributed by atoms with van der Waals surface area (Å²) in [5.41, 5.74) is 2.70. The summed E-state index contributed by atoms with van der Waals surface area (Å²) in [5.74, 6) is 1.58. The van der Waals surface area contributed by atoms with Gasteiger partial charge in [-0.1, -0.05) is 44.0 Å². The highest BCUT2D eigenvalue weighted by molar-refractivity contribution is 5.69. The fraction of sp³-hybridized carbons (Fsp3) is 0.632. The van der Waals surface area contributed by atoms with Gasteiger partial charge < -0.3 is 4.74 Å². The van der Waals surface area contributed by atoms with Crippen molar-refractivity contribution in [1.29, 1.82) is 0 Å². The highest BCUT2D eigenvalue weighted by atomic mass is 16.5. The van der Waals surface area contributed by atoms with Crippen molar-refractivity contribution >= 4 is 5.97 Å². The molecule has 0 aliphatic heterocycles. The first kappa shape index (κ1) is 16.1. The van der Waals surface area contributed by atoms with Crippen molar-refractivity contribution in [2.75, 3.05) is 7.11 Å². The lowest BCUT2D eigenvalue weighted by molar-refractivity contribution is -0.140. The summed E-state index contributed by atoms with van der Waals surface area (Å²) in [4.78, 5) is 11.2. The van der Waals surface area contributed by atoms with Crippen LogP contribution in [0.5, 0.6) is 0 Å². The van der Waals surface area contributed by atoms with E-state index < -0.39 is 0 Å². The highest BCUT2D eigenvalue weighted by Crippen LogP contribution is 2.37. The largest absolute Gasteiger partial charge is 0.469 e. The van der Waals surface area contributed by atoms with Crippen LogP contribution < -0.4 is 0 Å². The molecule has 2 heteroatoms. The Balaban J connectivity index is 1.83.